The van der Waals surface area contributed by atoms with E-state index in [-0.39, 0.29) is 0 Å². The van der Waals surface area contributed by atoms with Crippen molar-refractivity contribution in [3.05, 3.63) is 44.9 Å². The lowest BCUT2D eigenvalue weighted by atomic mass is 10.3. The molecule has 3 heteroatoms. The number of aryl methyl sites for hydroxylation is 3. The molecule has 0 saturated heterocycles. The number of hydrogen-bond acceptors (Lipinski definition) is 1. The van der Waals surface area contributed by atoms with E-state index in [0.717, 1.165) is 17.3 Å². The summed E-state index contributed by atoms with van der Waals surface area (Å²) in [6, 6.07) is 8.41. The van der Waals surface area contributed by atoms with E-state index in [1.807, 2.05) is 6.07 Å². The van der Waals surface area contributed by atoms with Crippen molar-refractivity contribution in [1.29, 1.82) is 0 Å². The van der Waals surface area contributed by atoms with Crippen LogP contribution in [0.25, 0.3) is 0 Å². The first kappa shape index (κ1) is 10.8. The van der Waals surface area contributed by atoms with Gasteiger partial charge in [0.25, 0.3) is 0 Å². The number of thiophene rings is 1. The second-order valence-electron chi connectivity index (χ2n) is 3.72. The van der Waals surface area contributed by atoms with Gasteiger partial charge in [0.2, 0.25) is 0 Å². The maximum Gasteiger partial charge on any atom is 0.0931 e. The van der Waals surface area contributed by atoms with Gasteiger partial charge < -0.3 is 4.57 Å². The third kappa shape index (κ3) is 2.44. The van der Waals surface area contributed by atoms with Crippen molar-refractivity contribution in [3.8, 4) is 0 Å². The Morgan fingerprint density at radius 2 is 1.80 bits per heavy atom. The zero-order valence-electron chi connectivity index (χ0n) is 8.96. The van der Waals surface area contributed by atoms with Crippen LogP contribution in [0.15, 0.2) is 24.3 Å². The summed E-state index contributed by atoms with van der Waals surface area (Å²) in [7, 11) is 0. The molecule has 2 aromatic heterocycles. The van der Waals surface area contributed by atoms with Crippen LogP contribution in [0.1, 0.15) is 16.3 Å². The summed E-state index contributed by atoms with van der Waals surface area (Å²) in [5.74, 6) is 0. The zero-order valence-corrected chi connectivity index (χ0v) is 10.5. The van der Waals surface area contributed by atoms with Crippen LogP contribution in [0.4, 0.5) is 0 Å². The van der Waals surface area contributed by atoms with Gasteiger partial charge in [0.1, 0.15) is 0 Å². The molecular formula is C12H14ClNS. The molecule has 0 radical (unpaired) electrons. The van der Waals surface area contributed by atoms with Crippen LogP contribution < -0.4 is 0 Å². The van der Waals surface area contributed by atoms with Gasteiger partial charge in [0.15, 0.2) is 0 Å². The number of aromatic nitrogens is 1. The van der Waals surface area contributed by atoms with E-state index in [2.05, 4.69) is 36.6 Å². The maximum absolute atomic E-state index is 5.90. The van der Waals surface area contributed by atoms with E-state index < -0.39 is 0 Å². The van der Waals surface area contributed by atoms with E-state index in [4.69, 9.17) is 11.6 Å². The van der Waals surface area contributed by atoms with Gasteiger partial charge in [-0.25, -0.2) is 0 Å². The second-order valence-corrected chi connectivity index (χ2v) is 5.52. The molecule has 0 fully saturated rings. The third-order valence-electron chi connectivity index (χ3n) is 2.63. The predicted octanol–water partition coefficient (Wildman–Crippen LogP) is 4.06. The molecule has 15 heavy (non-hydrogen) atoms. The van der Waals surface area contributed by atoms with Gasteiger partial charge >= 0.3 is 0 Å². The molecule has 0 saturated carbocycles. The molecule has 0 amide bonds. The van der Waals surface area contributed by atoms with E-state index >= 15 is 0 Å². The Labute approximate surface area is 99.3 Å². The summed E-state index contributed by atoms with van der Waals surface area (Å²) < 4.78 is 3.22. The van der Waals surface area contributed by atoms with Crippen LogP contribution in [-0.4, -0.2) is 4.57 Å². The first-order chi connectivity index (χ1) is 7.16. The smallest absolute Gasteiger partial charge is 0.0931 e. The fourth-order valence-corrected chi connectivity index (χ4v) is 2.84. The Morgan fingerprint density at radius 1 is 1.13 bits per heavy atom. The SMILES string of the molecule is Cc1ccc(C)n1CCc1ccc(Cl)s1. The van der Waals surface area contributed by atoms with Crippen LogP contribution in [0.5, 0.6) is 0 Å². The average Bonchev–Trinajstić information content (AvgIpc) is 2.73. The topological polar surface area (TPSA) is 4.93 Å². The Kier molecular flexibility index (Phi) is 3.17. The Hall–Kier alpha value is -0.730. The molecule has 0 unspecified atom stereocenters. The Morgan fingerprint density at radius 3 is 2.33 bits per heavy atom. The highest BCUT2D eigenvalue weighted by atomic mass is 35.5. The molecule has 2 rings (SSSR count). The lowest BCUT2D eigenvalue weighted by Gasteiger charge is -2.07. The molecule has 1 nitrogen and oxygen atoms in total. The molecule has 2 aromatic rings. The first-order valence-corrected chi connectivity index (χ1v) is 6.23. The fourth-order valence-electron chi connectivity index (χ4n) is 1.76. The van der Waals surface area contributed by atoms with Gasteiger partial charge in [-0.15, -0.1) is 11.3 Å². The van der Waals surface area contributed by atoms with Crippen molar-refractivity contribution >= 4 is 22.9 Å². The Balaban J connectivity index is 2.05. The van der Waals surface area contributed by atoms with Crippen LogP contribution in [0, 0.1) is 13.8 Å². The van der Waals surface area contributed by atoms with E-state index in [1.165, 1.54) is 16.3 Å². The van der Waals surface area contributed by atoms with Gasteiger partial charge in [-0.1, -0.05) is 11.6 Å². The zero-order chi connectivity index (χ0) is 10.8. The normalized spacial score (nSPS) is 10.9. The first-order valence-electron chi connectivity index (χ1n) is 5.04. The predicted molar refractivity (Wildman–Crippen MR) is 66.9 cm³/mol. The summed E-state index contributed by atoms with van der Waals surface area (Å²) in [5, 5.41) is 0. The van der Waals surface area contributed by atoms with Gasteiger partial charge in [0.05, 0.1) is 4.34 Å². The van der Waals surface area contributed by atoms with E-state index in [0.29, 0.717) is 0 Å². The second kappa shape index (κ2) is 4.42. The highest BCUT2D eigenvalue weighted by Crippen LogP contribution is 2.22. The molecule has 0 aliphatic heterocycles. The van der Waals surface area contributed by atoms with Crippen molar-refractivity contribution in [1.82, 2.24) is 4.57 Å². The quantitative estimate of drug-likeness (QED) is 0.761. The van der Waals surface area contributed by atoms with Crippen molar-refractivity contribution in [2.75, 3.05) is 0 Å². The third-order valence-corrected chi connectivity index (χ3v) is 3.92. The highest BCUT2D eigenvalue weighted by molar-refractivity contribution is 7.16. The molecule has 0 bridgehead atoms. The maximum atomic E-state index is 5.90. The van der Waals surface area contributed by atoms with Crippen LogP contribution >= 0.6 is 22.9 Å². The monoisotopic (exact) mass is 239 g/mol. The summed E-state index contributed by atoms with van der Waals surface area (Å²) in [6.07, 6.45) is 1.06. The molecule has 0 spiro atoms. The van der Waals surface area contributed by atoms with Crippen LogP contribution in [0.3, 0.4) is 0 Å². The molecule has 0 aromatic carbocycles. The number of hydrogen-bond donors (Lipinski definition) is 0. The van der Waals surface area contributed by atoms with Crippen molar-refractivity contribution in [2.45, 2.75) is 26.8 Å². The number of rotatable bonds is 3. The van der Waals surface area contributed by atoms with Crippen LogP contribution in [0.2, 0.25) is 4.34 Å². The summed E-state index contributed by atoms with van der Waals surface area (Å²) in [6.45, 7) is 5.34. The van der Waals surface area contributed by atoms with E-state index in [1.54, 1.807) is 11.3 Å². The fraction of sp³-hybridized carbons (Fsp3) is 0.333. The average molecular weight is 240 g/mol. The molecule has 0 N–H and O–H groups in total. The number of halogens is 1. The molecular weight excluding hydrogens is 226 g/mol. The van der Waals surface area contributed by atoms with Gasteiger partial charge in [-0.2, -0.15) is 0 Å². The molecule has 0 aliphatic carbocycles. The molecule has 2 heterocycles. The lowest BCUT2D eigenvalue weighted by Crippen LogP contribution is -2.03. The summed E-state index contributed by atoms with van der Waals surface area (Å²) in [5.41, 5.74) is 2.66. The van der Waals surface area contributed by atoms with Crippen LogP contribution in [-0.2, 0) is 13.0 Å². The summed E-state index contributed by atoms with van der Waals surface area (Å²) >= 11 is 7.57. The molecule has 0 aliphatic rings. The largest absolute Gasteiger partial charge is 0.349 e. The molecule has 80 valence electrons. The van der Waals surface area contributed by atoms with E-state index in [9.17, 15) is 0 Å². The Bertz CT molecular complexity index is 436. The minimum atomic E-state index is 0.881. The molecule has 0 atom stereocenters. The van der Waals surface area contributed by atoms with Gasteiger partial charge in [0, 0.05) is 22.8 Å². The van der Waals surface area contributed by atoms with Gasteiger partial charge in [-0.05, 0) is 44.5 Å². The lowest BCUT2D eigenvalue weighted by molar-refractivity contribution is 0.668. The minimum Gasteiger partial charge on any atom is -0.349 e. The standard InChI is InChI=1S/C12H14ClNS/c1-9-3-4-10(2)14(9)8-7-11-5-6-12(13)15-11/h3-6H,7-8H2,1-2H3. The minimum absolute atomic E-state index is 0.881. The van der Waals surface area contributed by atoms with Crippen molar-refractivity contribution in [2.24, 2.45) is 0 Å². The highest BCUT2D eigenvalue weighted by Gasteiger charge is 2.02. The van der Waals surface area contributed by atoms with Crippen molar-refractivity contribution < 1.29 is 0 Å². The van der Waals surface area contributed by atoms with Gasteiger partial charge in [-0.3, -0.25) is 0 Å². The number of nitrogens with zero attached hydrogens (tertiary/aromatic N) is 1. The van der Waals surface area contributed by atoms with Crippen molar-refractivity contribution in [3.63, 3.8) is 0 Å². The summed E-state index contributed by atoms with van der Waals surface area (Å²) in [4.78, 5) is 1.35.